The van der Waals surface area contributed by atoms with Crippen LogP contribution < -0.4 is 0 Å². The van der Waals surface area contributed by atoms with E-state index in [4.69, 9.17) is 4.74 Å². The van der Waals surface area contributed by atoms with Gasteiger partial charge in [0, 0.05) is 26.2 Å². The molecule has 1 saturated heterocycles. The summed E-state index contributed by atoms with van der Waals surface area (Å²) < 4.78 is 5.91. The van der Waals surface area contributed by atoms with Crippen LogP contribution in [-0.2, 0) is 14.3 Å². The minimum Gasteiger partial charge on any atom is -0.462 e. The normalized spacial score (nSPS) is 23.2. The van der Waals surface area contributed by atoms with Gasteiger partial charge in [-0.05, 0) is 16.7 Å². The Kier molecular flexibility index (Phi) is 6.17. The number of carbonyl (C=O) groups is 2. The molecule has 0 spiro atoms. The topological polar surface area (TPSA) is 46.6 Å². The second kappa shape index (κ2) is 9.17. The Balaban J connectivity index is 1.91. The Labute approximate surface area is 183 Å². The van der Waals surface area contributed by atoms with E-state index < -0.39 is 0 Å². The van der Waals surface area contributed by atoms with E-state index in [0.717, 1.165) is 16.7 Å². The monoisotopic (exact) mass is 413 g/mol. The zero-order valence-electron chi connectivity index (χ0n) is 17.8. The third kappa shape index (κ3) is 4.38. The second-order valence-corrected chi connectivity index (χ2v) is 8.03. The van der Waals surface area contributed by atoms with Gasteiger partial charge in [0.15, 0.2) is 0 Å². The molecule has 1 fully saturated rings. The Morgan fingerprint density at radius 2 is 1.23 bits per heavy atom. The van der Waals surface area contributed by atoms with Gasteiger partial charge in [0.05, 0.1) is 12.1 Å². The van der Waals surface area contributed by atoms with Gasteiger partial charge in [-0.1, -0.05) is 91.0 Å². The van der Waals surface area contributed by atoms with Crippen molar-refractivity contribution in [3.63, 3.8) is 0 Å². The van der Waals surface area contributed by atoms with E-state index in [1.807, 2.05) is 71.6 Å². The Hall–Kier alpha value is -3.40. The van der Waals surface area contributed by atoms with Crippen LogP contribution in [0.1, 0.15) is 55.0 Å². The fraction of sp³-hybridized carbons (Fsp3) is 0.259. The standard InChI is InChI=1S/C27H27NO3/c1-19(29)28-24(21-12-6-3-7-13-21)18-25(31-20(2)30)26(22-14-8-4-9-15-22)27(28)23-16-10-5-11-17-23/h3-17,24-27H,18H2,1-2H3. The van der Waals surface area contributed by atoms with Crippen molar-refractivity contribution in [3.05, 3.63) is 108 Å². The maximum atomic E-state index is 13.1. The first kappa shape index (κ1) is 20.9. The van der Waals surface area contributed by atoms with Crippen LogP contribution in [0.4, 0.5) is 0 Å². The largest absolute Gasteiger partial charge is 0.462 e. The molecule has 0 saturated carbocycles. The fourth-order valence-corrected chi connectivity index (χ4v) is 4.86. The van der Waals surface area contributed by atoms with E-state index in [1.54, 1.807) is 6.92 Å². The zero-order valence-corrected chi connectivity index (χ0v) is 17.8. The Bertz CT molecular complexity index is 1020. The molecule has 1 aliphatic heterocycles. The van der Waals surface area contributed by atoms with Gasteiger partial charge in [-0.3, -0.25) is 9.59 Å². The number of carbonyl (C=O) groups excluding carboxylic acids is 2. The lowest BCUT2D eigenvalue weighted by atomic mass is 9.74. The average molecular weight is 414 g/mol. The van der Waals surface area contributed by atoms with Crippen molar-refractivity contribution in [2.45, 2.75) is 44.4 Å². The molecule has 4 nitrogen and oxygen atoms in total. The highest BCUT2D eigenvalue weighted by Crippen LogP contribution is 2.50. The summed E-state index contributed by atoms with van der Waals surface area (Å²) in [7, 11) is 0. The molecule has 4 rings (SSSR count). The minimum atomic E-state index is -0.356. The molecule has 0 N–H and O–H groups in total. The van der Waals surface area contributed by atoms with E-state index in [2.05, 4.69) is 24.3 Å². The summed E-state index contributed by atoms with van der Waals surface area (Å²) in [4.78, 5) is 27.2. The maximum absolute atomic E-state index is 13.1. The Morgan fingerprint density at radius 1 is 0.742 bits per heavy atom. The average Bonchev–Trinajstić information content (AvgIpc) is 2.79. The van der Waals surface area contributed by atoms with Crippen LogP contribution in [0, 0.1) is 0 Å². The van der Waals surface area contributed by atoms with Crippen LogP contribution >= 0.6 is 0 Å². The van der Waals surface area contributed by atoms with E-state index in [1.165, 1.54) is 6.92 Å². The highest BCUT2D eigenvalue weighted by molar-refractivity contribution is 5.75. The molecular formula is C27H27NO3. The van der Waals surface area contributed by atoms with E-state index in [-0.39, 0.29) is 36.0 Å². The maximum Gasteiger partial charge on any atom is 0.302 e. The highest BCUT2D eigenvalue weighted by atomic mass is 16.5. The van der Waals surface area contributed by atoms with E-state index in [9.17, 15) is 9.59 Å². The first-order chi connectivity index (χ1) is 15.1. The first-order valence-corrected chi connectivity index (χ1v) is 10.7. The molecule has 0 aliphatic carbocycles. The summed E-state index contributed by atoms with van der Waals surface area (Å²) in [5.41, 5.74) is 3.13. The number of piperidine rings is 1. The summed E-state index contributed by atoms with van der Waals surface area (Å²) >= 11 is 0. The van der Waals surface area contributed by atoms with Crippen LogP contribution in [0.3, 0.4) is 0 Å². The van der Waals surface area contributed by atoms with Gasteiger partial charge in [0.1, 0.15) is 6.10 Å². The molecule has 4 atom stereocenters. The predicted octanol–water partition coefficient (Wildman–Crippen LogP) is 5.44. The van der Waals surface area contributed by atoms with Crippen LogP contribution in [-0.4, -0.2) is 22.9 Å². The number of esters is 1. The number of nitrogens with zero attached hydrogens (tertiary/aromatic N) is 1. The lowest BCUT2D eigenvalue weighted by molar-refractivity contribution is -0.157. The zero-order chi connectivity index (χ0) is 21.8. The summed E-state index contributed by atoms with van der Waals surface area (Å²) in [6, 6.07) is 29.7. The van der Waals surface area contributed by atoms with Crippen molar-refractivity contribution in [1.29, 1.82) is 0 Å². The van der Waals surface area contributed by atoms with Gasteiger partial charge in [0.2, 0.25) is 5.91 Å². The fourth-order valence-electron chi connectivity index (χ4n) is 4.86. The number of hydrogen-bond acceptors (Lipinski definition) is 3. The van der Waals surface area contributed by atoms with Crippen molar-refractivity contribution in [3.8, 4) is 0 Å². The summed E-state index contributed by atoms with van der Waals surface area (Å²) in [5.74, 6) is -0.470. The molecule has 4 unspecified atom stereocenters. The molecular weight excluding hydrogens is 386 g/mol. The van der Waals surface area contributed by atoms with Crippen LogP contribution in [0.5, 0.6) is 0 Å². The van der Waals surface area contributed by atoms with Crippen molar-refractivity contribution >= 4 is 11.9 Å². The van der Waals surface area contributed by atoms with Crippen molar-refractivity contribution in [1.82, 2.24) is 4.90 Å². The molecule has 0 aromatic heterocycles. The van der Waals surface area contributed by atoms with Gasteiger partial charge in [-0.25, -0.2) is 0 Å². The van der Waals surface area contributed by atoms with Gasteiger partial charge in [-0.15, -0.1) is 0 Å². The molecule has 158 valence electrons. The van der Waals surface area contributed by atoms with Gasteiger partial charge in [0.25, 0.3) is 0 Å². The number of rotatable bonds is 4. The lowest BCUT2D eigenvalue weighted by Crippen LogP contribution is -2.49. The number of ether oxygens (including phenoxy) is 1. The molecule has 0 radical (unpaired) electrons. The minimum absolute atomic E-state index is 0.00455. The van der Waals surface area contributed by atoms with Gasteiger partial charge in [-0.2, -0.15) is 0 Å². The molecule has 3 aromatic rings. The van der Waals surface area contributed by atoms with E-state index >= 15 is 0 Å². The van der Waals surface area contributed by atoms with Crippen LogP contribution in [0.2, 0.25) is 0 Å². The van der Waals surface area contributed by atoms with Crippen molar-refractivity contribution < 1.29 is 14.3 Å². The lowest BCUT2D eigenvalue weighted by Gasteiger charge is -2.50. The predicted molar refractivity (Wildman–Crippen MR) is 120 cm³/mol. The molecule has 1 heterocycles. The van der Waals surface area contributed by atoms with Crippen molar-refractivity contribution in [2.75, 3.05) is 0 Å². The number of amides is 1. The first-order valence-electron chi connectivity index (χ1n) is 10.7. The molecule has 1 aliphatic rings. The Morgan fingerprint density at radius 3 is 1.71 bits per heavy atom. The number of benzene rings is 3. The van der Waals surface area contributed by atoms with Crippen molar-refractivity contribution in [2.24, 2.45) is 0 Å². The number of hydrogen-bond donors (Lipinski definition) is 0. The number of likely N-dealkylation sites (tertiary alicyclic amines) is 1. The van der Waals surface area contributed by atoms with E-state index in [0.29, 0.717) is 6.42 Å². The summed E-state index contributed by atoms with van der Waals surface area (Å²) in [6.45, 7) is 3.08. The smallest absolute Gasteiger partial charge is 0.302 e. The molecule has 1 amide bonds. The molecule has 31 heavy (non-hydrogen) atoms. The third-order valence-corrected chi connectivity index (χ3v) is 6.02. The molecule has 3 aromatic carbocycles. The highest BCUT2D eigenvalue weighted by Gasteiger charge is 2.47. The second-order valence-electron chi connectivity index (χ2n) is 8.03. The van der Waals surface area contributed by atoms with Gasteiger partial charge >= 0.3 is 5.97 Å². The third-order valence-electron chi connectivity index (χ3n) is 6.02. The van der Waals surface area contributed by atoms with Gasteiger partial charge < -0.3 is 9.64 Å². The van der Waals surface area contributed by atoms with Crippen LogP contribution in [0.25, 0.3) is 0 Å². The summed E-state index contributed by atoms with van der Waals surface area (Å²) in [6.07, 6.45) is 0.192. The van der Waals surface area contributed by atoms with Crippen LogP contribution in [0.15, 0.2) is 91.0 Å². The quantitative estimate of drug-likeness (QED) is 0.535. The summed E-state index contributed by atoms with van der Waals surface area (Å²) in [5, 5.41) is 0. The molecule has 0 bridgehead atoms. The molecule has 4 heteroatoms. The SMILES string of the molecule is CC(=O)OC1CC(c2ccccc2)N(C(C)=O)C(c2ccccc2)C1c1ccccc1.